The number of primary sulfonamides is 1. The highest BCUT2D eigenvalue weighted by atomic mass is 32.2. The molecule has 10 nitrogen and oxygen atoms in total. The Kier molecular flexibility index (Phi) is 3.05. The number of nitrogens with two attached hydrogens (primary N) is 1. The second kappa shape index (κ2) is 4.72. The van der Waals surface area contributed by atoms with Crippen LogP contribution in [0.4, 0.5) is 5.69 Å². The van der Waals surface area contributed by atoms with Gasteiger partial charge in [0.15, 0.2) is 4.90 Å². The number of benzene rings is 2. The highest BCUT2D eigenvalue weighted by Crippen LogP contribution is 2.37. The molecule has 1 aromatic heterocycles. The van der Waals surface area contributed by atoms with E-state index in [1.54, 1.807) is 6.07 Å². The molecule has 0 radical (unpaired) electrons. The standard InChI is InChI=1S/C12H8N4O6S/c13-23(21,22)10-8-7(14-11(17)12(18)15-8)5-3-1-2-4-6(5)9(10)16(19)20/h1-4H,(H,14,17)(H,15,18)(H2,13,21,22). The molecule has 0 spiro atoms. The molecule has 0 unspecified atom stereocenters. The lowest BCUT2D eigenvalue weighted by Crippen LogP contribution is -2.30. The van der Waals surface area contributed by atoms with E-state index in [9.17, 15) is 28.1 Å². The van der Waals surface area contributed by atoms with E-state index in [-0.39, 0.29) is 16.3 Å². The maximum Gasteiger partial charge on any atom is 0.314 e. The first-order chi connectivity index (χ1) is 10.7. The number of rotatable bonds is 2. The van der Waals surface area contributed by atoms with Crippen LogP contribution in [0.5, 0.6) is 0 Å². The topological polar surface area (TPSA) is 169 Å². The number of fused-ring (bicyclic) bond motifs is 3. The third-order valence-corrected chi connectivity index (χ3v) is 4.26. The Bertz CT molecular complexity index is 1210. The van der Waals surface area contributed by atoms with Crippen molar-refractivity contribution in [2.75, 3.05) is 0 Å². The van der Waals surface area contributed by atoms with Crippen LogP contribution in [-0.2, 0) is 10.0 Å². The van der Waals surface area contributed by atoms with E-state index in [1.165, 1.54) is 18.2 Å². The van der Waals surface area contributed by atoms with E-state index < -0.39 is 42.2 Å². The first-order valence-corrected chi connectivity index (χ1v) is 7.64. The number of sulfonamides is 1. The lowest BCUT2D eigenvalue weighted by atomic mass is 10.1. The molecule has 0 bridgehead atoms. The number of nitro benzene ring substituents is 1. The minimum atomic E-state index is -4.56. The molecule has 3 rings (SSSR count). The van der Waals surface area contributed by atoms with Gasteiger partial charge in [0.1, 0.15) is 0 Å². The molecule has 3 aromatic rings. The Balaban J connectivity index is 2.83. The van der Waals surface area contributed by atoms with Crippen molar-refractivity contribution < 1.29 is 13.3 Å². The quantitative estimate of drug-likeness (QED) is 0.256. The summed E-state index contributed by atoms with van der Waals surface area (Å²) in [4.78, 5) is 37.0. The minimum Gasteiger partial charge on any atom is -0.315 e. The van der Waals surface area contributed by atoms with Crippen molar-refractivity contribution in [1.82, 2.24) is 9.97 Å². The van der Waals surface area contributed by atoms with Crippen molar-refractivity contribution in [2.45, 2.75) is 4.90 Å². The van der Waals surface area contributed by atoms with Crippen LogP contribution in [0.3, 0.4) is 0 Å². The van der Waals surface area contributed by atoms with E-state index in [0.29, 0.717) is 0 Å². The van der Waals surface area contributed by atoms with Gasteiger partial charge in [-0.3, -0.25) is 19.7 Å². The predicted octanol–water partition coefficient (Wildman–Crippen LogP) is -0.0748. The van der Waals surface area contributed by atoms with Gasteiger partial charge in [-0.2, -0.15) is 0 Å². The number of aromatic amines is 2. The summed E-state index contributed by atoms with van der Waals surface area (Å²) in [7, 11) is -4.56. The van der Waals surface area contributed by atoms with Gasteiger partial charge in [0.2, 0.25) is 10.0 Å². The highest BCUT2D eigenvalue weighted by Gasteiger charge is 2.31. The fourth-order valence-corrected chi connectivity index (χ4v) is 3.34. The number of aromatic nitrogens is 2. The van der Waals surface area contributed by atoms with Crippen LogP contribution in [0, 0.1) is 10.1 Å². The molecule has 0 aliphatic heterocycles. The second-order valence-corrected chi connectivity index (χ2v) is 6.18. The molecule has 118 valence electrons. The maximum atomic E-state index is 11.9. The van der Waals surface area contributed by atoms with E-state index in [2.05, 4.69) is 9.97 Å². The average molecular weight is 336 g/mol. The van der Waals surface area contributed by atoms with Crippen molar-refractivity contribution >= 4 is 37.5 Å². The molecule has 0 amide bonds. The highest BCUT2D eigenvalue weighted by molar-refractivity contribution is 7.89. The van der Waals surface area contributed by atoms with Gasteiger partial charge in [-0.05, 0) is 6.07 Å². The minimum absolute atomic E-state index is 0.0308. The third kappa shape index (κ3) is 2.18. The van der Waals surface area contributed by atoms with Gasteiger partial charge >= 0.3 is 11.1 Å². The van der Waals surface area contributed by atoms with Crippen molar-refractivity contribution in [3.63, 3.8) is 0 Å². The summed E-state index contributed by atoms with van der Waals surface area (Å²) in [5.41, 5.74) is -3.40. The van der Waals surface area contributed by atoms with Crippen molar-refractivity contribution in [3.05, 3.63) is 55.1 Å². The first kappa shape index (κ1) is 14.9. The molecule has 11 heteroatoms. The number of nitro groups is 1. The number of H-pyrrole nitrogens is 2. The van der Waals surface area contributed by atoms with E-state index >= 15 is 0 Å². The molecule has 2 aromatic carbocycles. The summed E-state index contributed by atoms with van der Waals surface area (Å²) >= 11 is 0. The molecule has 23 heavy (non-hydrogen) atoms. The Hall–Kier alpha value is -3.05. The third-order valence-electron chi connectivity index (χ3n) is 3.29. The zero-order chi connectivity index (χ0) is 16.9. The molecular formula is C12H8N4O6S. The zero-order valence-corrected chi connectivity index (χ0v) is 12.0. The van der Waals surface area contributed by atoms with Gasteiger partial charge in [-0.15, -0.1) is 0 Å². The zero-order valence-electron chi connectivity index (χ0n) is 11.2. The Morgan fingerprint density at radius 1 is 1.00 bits per heavy atom. The van der Waals surface area contributed by atoms with Crippen LogP contribution in [0.2, 0.25) is 0 Å². The number of nitrogens with one attached hydrogen (secondary N) is 2. The lowest BCUT2D eigenvalue weighted by molar-refractivity contribution is -0.385. The summed E-state index contributed by atoms with van der Waals surface area (Å²) in [6, 6.07) is 5.79. The van der Waals surface area contributed by atoms with Gasteiger partial charge in [0.05, 0.1) is 21.3 Å². The fourth-order valence-electron chi connectivity index (χ4n) is 2.44. The molecular weight excluding hydrogens is 328 g/mol. The fraction of sp³-hybridized carbons (Fsp3) is 0. The monoisotopic (exact) mass is 336 g/mol. The molecule has 1 heterocycles. The van der Waals surface area contributed by atoms with E-state index in [0.717, 1.165) is 0 Å². The van der Waals surface area contributed by atoms with Gasteiger partial charge < -0.3 is 9.97 Å². The van der Waals surface area contributed by atoms with Crippen LogP contribution >= 0.6 is 0 Å². The molecule has 0 aliphatic carbocycles. The lowest BCUT2D eigenvalue weighted by Gasteiger charge is -2.09. The van der Waals surface area contributed by atoms with Crippen LogP contribution in [0.15, 0.2) is 38.8 Å². The molecule has 0 atom stereocenters. The van der Waals surface area contributed by atoms with Crippen LogP contribution in [0.1, 0.15) is 0 Å². The summed E-state index contributed by atoms with van der Waals surface area (Å²) in [5.74, 6) is 0. The molecule has 0 aliphatic rings. The normalized spacial score (nSPS) is 11.9. The Morgan fingerprint density at radius 3 is 2.04 bits per heavy atom. The summed E-state index contributed by atoms with van der Waals surface area (Å²) < 4.78 is 23.7. The summed E-state index contributed by atoms with van der Waals surface area (Å²) in [6.07, 6.45) is 0. The smallest absolute Gasteiger partial charge is 0.314 e. The molecule has 0 saturated carbocycles. The van der Waals surface area contributed by atoms with Crippen LogP contribution in [-0.4, -0.2) is 23.3 Å². The van der Waals surface area contributed by atoms with Crippen molar-refractivity contribution in [3.8, 4) is 0 Å². The maximum absolute atomic E-state index is 11.9. The van der Waals surface area contributed by atoms with Gasteiger partial charge in [-0.25, -0.2) is 13.6 Å². The molecule has 4 N–H and O–H groups in total. The Morgan fingerprint density at radius 2 is 1.52 bits per heavy atom. The molecule has 0 saturated heterocycles. The van der Waals surface area contributed by atoms with Crippen molar-refractivity contribution in [1.29, 1.82) is 0 Å². The van der Waals surface area contributed by atoms with Crippen molar-refractivity contribution in [2.24, 2.45) is 5.14 Å². The number of hydrogen-bond donors (Lipinski definition) is 3. The second-order valence-electron chi connectivity index (χ2n) is 4.68. The van der Waals surface area contributed by atoms with Gasteiger partial charge in [0.25, 0.3) is 5.69 Å². The predicted molar refractivity (Wildman–Crippen MR) is 80.7 cm³/mol. The van der Waals surface area contributed by atoms with E-state index in [1.807, 2.05) is 0 Å². The number of hydrogen-bond acceptors (Lipinski definition) is 6. The first-order valence-electron chi connectivity index (χ1n) is 6.10. The van der Waals surface area contributed by atoms with Gasteiger partial charge in [0, 0.05) is 5.39 Å². The number of nitrogens with zero attached hydrogens (tertiary/aromatic N) is 1. The van der Waals surface area contributed by atoms with E-state index in [4.69, 9.17) is 5.14 Å². The van der Waals surface area contributed by atoms with Crippen LogP contribution in [0.25, 0.3) is 21.8 Å². The SMILES string of the molecule is NS(=O)(=O)c1c([N+](=O)[O-])c2ccccc2c2[nH]c(=O)c(=O)[nH]c12. The largest absolute Gasteiger partial charge is 0.315 e. The molecule has 0 fully saturated rings. The van der Waals surface area contributed by atoms with Gasteiger partial charge in [-0.1, -0.05) is 18.2 Å². The summed E-state index contributed by atoms with van der Waals surface area (Å²) in [5, 5.41) is 16.7. The van der Waals surface area contributed by atoms with Crippen LogP contribution < -0.4 is 16.3 Å². The Labute approximate surface area is 126 Å². The average Bonchev–Trinajstić information content (AvgIpc) is 2.46. The summed E-state index contributed by atoms with van der Waals surface area (Å²) in [6.45, 7) is 0.